The van der Waals surface area contributed by atoms with E-state index in [1.165, 1.54) is 66.3 Å². The molecule has 3 nitrogen and oxygen atoms in total. The number of fused-ring (bicyclic) bond motifs is 9. The standard InChI is InChI=1S/C55H43N3/c1-36-12-6-7-15-47(36)44-26-31-52(37(2)32-44)57(45-27-22-39(23-28-45)38-13-4-3-5-14-38)46-29-24-41-33-40(20-21-42(41)34-46)43-25-30-49-50(35-43)48-16-8-10-18-53(48)58-54-19-11-9-17-51(54)56-55(49)58/h3-37,47,52H,1-2H3/t36-,37-,47?,52?/m0/s1. The summed E-state index contributed by atoms with van der Waals surface area (Å²) < 4.78 is 2.31. The van der Waals surface area contributed by atoms with Gasteiger partial charge in [0, 0.05) is 28.1 Å². The zero-order valence-corrected chi connectivity index (χ0v) is 32.7. The lowest BCUT2D eigenvalue weighted by molar-refractivity contribution is 0.552. The predicted octanol–water partition coefficient (Wildman–Crippen LogP) is 14.3. The van der Waals surface area contributed by atoms with Crippen LogP contribution >= 0.6 is 0 Å². The monoisotopic (exact) mass is 745 g/mol. The summed E-state index contributed by atoms with van der Waals surface area (Å²) >= 11 is 0. The average Bonchev–Trinajstić information content (AvgIpc) is 3.68. The topological polar surface area (TPSA) is 20.5 Å². The maximum absolute atomic E-state index is 5.11. The fourth-order valence-electron chi connectivity index (χ4n) is 9.51. The van der Waals surface area contributed by atoms with E-state index in [0.29, 0.717) is 17.8 Å². The van der Waals surface area contributed by atoms with Crippen molar-refractivity contribution in [3.63, 3.8) is 0 Å². The highest BCUT2D eigenvalue weighted by atomic mass is 15.2. The zero-order chi connectivity index (χ0) is 38.7. The highest BCUT2D eigenvalue weighted by Gasteiger charge is 2.29. The molecule has 3 heteroatoms. The van der Waals surface area contributed by atoms with Crippen LogP contribution in [0.2, 0.25) is 0 Å². The summed E-state index contributed by atoms with van der Waals surface area (Å²) in [5, 5.41) is 6.06. The highest BCUT2D eigenvalue weighted by molar-refractivity contribution is 6.15. The van der Waals surface area contributed by atoms with Crippen molar-refractivity contribution in [2.75, 3.05) is 4.90 Å². The van der Waals surface area contributed by atoms with Crippen LogP contribution in [0, 0.1) is 17.8 Å². The first-order valence-corrected chi connectivity index (χ1v) is 20.5. The lowest BCUT2D eigenvalue weighted by Gasteiger charge is -2.38. The fourth-order valence-corrected chi connectivity index (χ4v) is 9.51. The van der Waals surface area contributed by atoms with Crippen molar-refractivity contribution < 1.29 is 0 Å². The molecule has 0 radical (unpaired) electrons. The van der Waals surface area contributed by atoms with Crippen molar-refractivity contribution >= 4 is 60.5 Å². The van der Waals surface area contributed by atoms with E-state index in [1.807, 2.05) is 0 Å². The highest BCUT2D eigenvalue weighted by Crippen LogP contribution is 2.40. The van der Waals surface area contributed by atoms with Gasteiger partial charge >= 0.3 is 0 Å². The van der Waals surface area contributed by atoms with Crippen molar-refractivity contribution in [3.05, 3.63) is 206 Å². The lowest BCUT2D eigenvalue weighted by Crippen LogP contribution is -2.36. The molecule has 2 aliphatic rings. The van der Waals surface area contributed by atoms with Gasteiger partial charge in [-0.05, 0) is 116 Å². The van der Waals surface area contributed by atoms with Crippen LogP contribution < -0.4 is 4.90 Å². The minimum atomic E-state index is 0.160. The average molecular weight is 746 g/mol. The summed E-state index contributed by atoms with van der Waals surface area (Å²) in [6.07, 6.45) is 16.3. The summed E-state index contributed by atoms with van der Waals surface area (Å²) in [5.41, 5.74) is 13.0. The molecule has 9 aromatic rings. The van der Waals surface area contributed by atoms with Crippen LogP contribution in [0.3, 0.4) is 0 Å². The summed E-state index contributed by atoms with van der Waals surface area (Å²) in [4.78, 5) is 7.64. The second kappa shape index (κ2) is 13.9. The Balaban J connectivity index is 0.978. The van der Waals surface area contributed by atoms with Gasteiger partial charge in [0.05, 0.1) is 22.6 Å². The molecule has 7 aromatic carbocycles. The van der Waals surface area contributed by atoms with E-state index in [1.54, 1.807) is 0 Å². The molecule has 0 saturated heterocycles. The van der Waals surface area contributed by atoms with Crippen molar-refractivity contribution in [2.24, 2.45) is 17.8 Å². The first kappa shape index (κ1) is 34.3. The van der Waals surface area contributed by atoms with Gasteiger partial charge in [-0.3, -0.25) is 4.40 Å². The van der Waals surface area contributed by atoms with Crippen molar-refractivity contribution in [1.82, 2.24) is 9.38 Å². The first-order chi connectivity index (χ1) is 28.6. The van der Waals surface area contributed by atoms with Crippen molar-refractivity contribution in [3.8, 4) is 22.3 Å². The second-order valence-electron chi connectivity index (χ2n) is 16.1. The number of aromatic nitrogens is 2. The summed E-state index contributed by atoms with van der Waals surface area (Å²) in [7, 11) is 0. The molecule has 4 atom stereocenters. The van der Waals surface area contributed by atoms with Gasteiger partial charge in [-0.2, -0.15) is 0 Å². The first-order valence-electron chi connectivity index (χ1n) is 20.5. The van der Waals surface area contributed by atoms with Gasteiger partial charge in [0.25, 0.3) is 0 Å². The molecule has 0 bridgehead atoms. The molecule has 0 fully saturated rings. The molecule has 278 valence electrons. The Morgan fingerprint density at radius 2 is 1.17 bits per heavy atom. The van der Waals surface area contributed by atoms with Gasteiger partial charge in [-0.25, -0.2) is 4.98 Å². The Morgan fingerprint density at radius 1 is 0.500 bits per heavy atom. The predicted molar refractivity (Wildman–Crippen MR) is 246 cm³/mol. The van der Waals surface area contributed by atoms with Crippen LogP contribution in [0.5, 0.6) is 0 Å². The van der Waals surface area contributed by atoms with Gasteiger partial charge in [0.2, 0.25) is 0 Å². The summed E-state index contributed by atoms with van der Waals surface area (Å²) in [6, 6.07) is 57.8. The minimum Gasteiger partial charge on any atom is -0.334 e. The number of nitrogens with zero attached hydrogens (tertiary/aromatic N) is 3. The Bertz CT molecular complexity index is 3160. The van der Waals surface area contributed by atoms with E-state index in [-0.39, 0.29) is 6.04 Å². The maximum atomic E-state index is 5.11. The normalized spacial score (nSPS) is 19.1. The maximum Gasteiger partial charge on any atom is 0.146 e. The largest absolute Gasteiger partial charge is 0.334 e. The third-order valence-corrected chi connectivity index (χ3v) is 12.5. The van der Waals surface area contributed by atoms with Crippen LogP contribution in [0.1, 0.15) is 13.8 Å². The molecule has 2 heterocycles. The van der Waals surface area contributed by atoms with Gasteiger partial charge in [0.1, 0.15) is 5.65 Å². The molecule has 0 saturated carbocycles. The molecule has 58 heavy (non-hydrogen) atoms. The molecular formula is C55H43N3. The van der Waals surface area contributed by atoms with Crippen molar-refractivity contribution in [2.45, 2.75) is 19.9 Å². The zero-order valence-electron chi connectivity index (χ0n) is 32.7. The Labute approximate surface area is 339 Å². The molecule has 0 N–H and O–H groups in total. The molecule has 2 aromatic heterocycles. The van der Waals surface area contributed by atoms with Gasteiger partial charge in [-0.1, -0.05) is 153 Å². The Morgan fingerprint density at radius 3 is 2.02 bits per heavy atom. The van der Waals surface area contributed by atoms with E-state index in [9.17, 15) is 0 Å². The van der Waals surface area contributed by atoms with Crippen molar-refractivity contribution in [1.29, 1.82) is 0 Å². The number of benzene rings is 7. The van der Waals surface area contributed by atoms with Crippen LogP contribution in [-0.4, -0.2) is 15.4 Å². The number of rotatable bonds is 6. The minimum absolute atomic E-state index is 0.160. The van der Waals surface area contributed by atoms with E-state index in [0.717, 1.165) is 22.1 Å². The number of imidazole rings is 1. The fraction of sp³-hybridized carbons (Fsp3) is 0.109. The third kappa shape index (κ3) is 5.77. The SMILES string of the molecule is C[C@H]1C=CC=CC1C1=C[C@H](C)C(N(c2ccc(-c3ccccc3)cc2)c2ccc3cc(-c4ccc5c(c4)c4ccccc4n4c6ccccc6nc54)ccc3c2)C=C1. The van der Waals surface area contributed by atoms with Crippen LogP contribution in [-0.2, 0) is 0 Å². The molecular weight excluding hydrogens is 703 g/mol. The molecule has 0 spiro atoms. The number of para-hydroxylation sites is 3. The number of hydrogen-bond donors (Lipinski definition) is 0. The number of allylic oxidation sites excluding steroid dienone is 6. The van der Waals surface area contributed by atoms with Crippen LogP contribution in [0.15, 0.2) is 206 Å². The molecule has 0 amide bonds. The van der Waals surface area contributed by atoms with Gasteiger partial charge in [-0.15, -0.1) is 0 Å². The Kier molecular flexibility index (Phi) is 8.22. The molecule has 11 rings (SSSR count). The smallest absolute Gasteiger partial charge is 0.146 e. The molecule has 0 aliphatic heterocycles. The van der Waals surface area contributed by atoms with Crippen LogP contribution in [0.4, 0.5) is 11.4 Å². The summed E-state index contributed by atoms with van der Waals surface area (Å²) in [5.74, 6) is 1.20. The van der Waals surface area contributed by atoms with E-state index < -0.39 is 0 Å². The van der Waals surface area contributed by atoms with E-state index in [2.05, 4.69) is 223 Å². The second-order valence-corrected chi connectivity index (χ2v) is 16.1. The summed E-state index contributed by atoms with van der Waals surface area (Å²) in [6.45, 7) is 4.69. The van der Waals surface area contributed by atoms with Crippen LogP contribution in [0.25, 0.3) is 71.4 Å². The van der Waals surface area contributed by atoms with E-state index in [4.69, 9.17) is 4.98 Å². The van der Waals surface area contributed by atoms with E-state index >= 15 is 0 Å². The van der Waals surface area contributed by atoms with Gasteiger partial charge in [0.15, 0.2) is 0 Å². The molecule has 2 unspecified atom stereocenters. The number of hydrogen-bond acceptors (Lipinski definition) is 2. The molecule has 2 aliphatic carbocycles. The third-order valence-electron chi connectivity index (χ3n) is 12.5. The lowest BCUT2D eigenvalue weighted by atomic mass is 9.79. The quantitative estimate of drug-likeness (QED) is 0.158. The Hall–Kier alpha value is -6.97. The van der Waals surface area contributed by atoms with Gasteiger partial charge < -0.3 is 4.90 Å². The number of pyridine rings is 1. The number of anilines is 2.